The molecule has 4 aromatic rings. The summed E-state index contributed by atoms with van der Waals surface area (Å²) in [7, 11) is 0. The van der Waals surface area contributed by atoms with Crippen LogP contribution >= 0.6 is 11.8 Å². The van der Waals surface area contributed by atoms with Crippen molar-refractivity contribution in [2.75, 3.05) is 32.1 Å². The van der Waals surface area contributed by atoms with E-state index in [9.17, 15) is 4.79 Å². The molecule has 0 spiro atoms. The lowest BCUT2D eigenvalue weighted by atomic mass is 10.1. The Morgan fingerprint density at radius 2 is 1.53 bits per heavy atom. The predicted octanol–water partition coefficient (Wildman–Crippen LogP) is 4.98. The van der Waals surface area contributed by atoms with Crippen LogP contribution in [0.4, 0.5) is 0 Å². The number of H-pyrrole nitrogens is 1. The molecule has 0 bridgehead atoms. The highest BCUT2D eigenvalue weighted by Crippen LogP contribution is 2.32. The van der Waals surface area contributed by atoms with Gasteiger partial charge in [-0.2, -0.15) is 0 Å². The molecular formula is C29H30N4O2S. The van der Waals surface area contributed by atoms with Crippen LogP contribution in [0, 0.1) is 0 Å². The summed E-state index contributed by atoms with van der Waals surface area (Å²) in [5.41, 5.74) is 6.36. The first-order valence-electron chi connectivity index (χ1n) is 12.2. The normalized spacial score (nSPS) is 14.0. The highest BCUT2D eigenvalue weighted by atomic mass is 32.2. The number of ether oxygens (including phenoxy) is 1. The fraction of sp³-hybridized carbons (Fsp3) is 0.241. The fourth-order valence-electron chi connectivity index (χ4n) is 4.30. The van der Waals surface area contributed by atoms with Crippen LogP contribution in [0.1, 0.15) is 11.1 Å². The lowest BCUT2D eigenvalue weighted by Gasteiger charge is -2.27. The molecule has 0 atom stereocenters. The SMILES string of the molecule is O=C(CSc1nc(-c2ccccc2)c(-c2ccccc2)[nH]1)NCc1ccccc1CN1CCOCC1. The second kappa shape index (κ2) is 12.0. The number of hydrogen-bond acceptors (Lipinski definition) is 5. The molecular weight excluding hydrogens is 468 g/mol. The van der Waals surface area contributed by atoms with Gasteiger partial charge in [-0.15, -0.1) is 0 Å². The van der Waals surface area contributed by atoms with E-state index in [0.717, 1.165) is 66.1 Å². The van der Waals surface area contributed by atoms with Gasteiger partial charge < -0.3 is 15.0 Å². The zero-order valence-electron chi connectivity index (χ0n) is 20.2. The van der Waals surface area contributed by atoms with Gasteiger partial charge in [-0.3, -0.25) is 9.69 Å². The number of morpholine rings is 1. The van der Waals surface area contributed by atoms with Crippen LogP contribution in [0.2, 0.25) is 0 Å². The summed E-state index contributed by atoms with van der Waals surface area (Å²) in [5, 5.41) is 3.82. The van der Waals surface area contributed by atoms with Gasteiger partial charge in [-0.25, -0.2) is 4.98 Å². The van der Waals surface area contributed by atoms with Crippen LogP contribution in [0.25, 0.3) is 22.5 Å². The second-order valence-corrected chi connectivity index (χ2v) is 9.68. The average Bonchev–Trinajstić information content (AvgIpc) is 3.37. The molecule has 0 saturated carbocycles. The lowest BCUT2D eigenvalue weighted by Crippen LogP contribution is -2.36. The molecule has 2 N–H and O–H groups in total. The van der Waals surface area contributed by atoms with Crippen molar-refractivity contribution in [3.63, 3.8) is 0 Å². The van der Waals surface area contributed by atoms with E-state index in [1.54, 1.807) is 0 Å². The summed E-state index contributed by atoms with van der Waals surface area (Å²) in [6.45, 7) is 4.83. The third-order valence-corrected chi connectivity index (χ3v) is 7.10. The maximum Gasteiger partial charge on any atom is 0.230 e. The quantitative estimate of drug-likeness (QED) is 0.319. The van der Waals surface area contributed by atoms with Gasteiger partial charge in [0.15, 0.2) is 5.16 Å². The van der Waals surface area contributed by atoms with Crippen molar-refractivity contribution in [2.45, 2.75) is 18.2 Å². The van der Waals surface area contributed by atoms with E-state index in [1.165, 1.54) is 17.3 Å². The number of benzene rings is 3. The Bertz CT molecular complexity index is 1210. The summed E-state index contributed by atoms with van der Waals surface area (Å²) in [6.07, 6.45) is 0. The molecule has 1 aliphatic heterocycles. The third-order valence-electron chi connectivity index (χ3n) is 6.22. The first-order valence-corrected chi connectivity index (χ1v) is 13.2. The molecule has 1 saturated heterocycles. The second-order valence-electron chi connectivity index (χ2n) is 8.72. The van der Waals surface area contributed by atoms with E-state index < -0.39 is 0 Å². The topological polar surface area (TPSA) is 70.2 Å². The van der Waals surface area contributed by atoms with Crippen molar-refractivity contribution in [3.8, 4) is 22.5 Å². The number of hydrogen-bond donors (Lipinski definition) is 2. The molecule has 36 heavy (non-hydrogen) atoms. The number of imidazole rings is 1. The first kappa shape index (κ1) is 24.3. The molecule has 1 fully saturated rings. The van der Waals surface area contributed by atoms with E-state index in [2.05, 4.69) is 57.7 Å². The number of carbonyl (C=O) groups is 1. The van der Waals surface area contributed by atoms with Crippen molar-refractivity contribution in [1.29, 1.82) is 0 Å². The Kier molecular flexibility index (Phi) is 8.13. The van der Waals surface area contributed by atoms with Gasteiger partial charge in [0.1, 0.15) is 0 Å². The highest BCUT2D eigenvalue weighted by Gasteiger charge is 2.16. The van der Waals surface area contributed by atoms with Crippen LogP contribution < -0.4 is 5.32 Å². The standard InChI is InChI=1S/C29H30N4O2S/c34-26(30-19-24-13-7-8-14-25(24)20-33-15-17-35-18-16-33)21-36-29-31-27(22-9-3-1-4-10-22)28(32-29)23-11-5-2-6-12-23/h1-14H,15-21H2,(H,30,34)(H,31,32). The minimum atomic E-state index is -0.0138. The summed E-state index contributed by atoms with van der Waals surface area (Å²) in [6, 6.07) is 28.6. The summed E-state index contributed by atoms with van der Waals surface area (Å²) < 4.78 is 5.46. The molecule has 184 valence electrons. The number of carbonyl (C=O) groups excluding carboxylic acids is 1. The highest BCUT2D eigenvalue weighted by molar-refractivity contribution is 7.99. The van der Waals surface area contributed by atoms with Gasteiger partial charge in [0.05, 0.1) is 30.4 Å². The van der Waals surface area contributed by atoms with Crippen LogP contribution in [0.3, 0.4) is 0 Å². The largest absolute Gasteiger partial charge is 0.379 e. The molecule has 0 unspecified atom stereocenters. The van der Waals surface area contributed by atoms with Crippen LogP contribution in [0.15, 0.2) is 90.1 Å². The van der Waals surface area contributed by atoms with Crippen LogP contribution in [-0.4, -0.2) is 52.8 Å². The summed E-state index contributed by atoms with van der Waals surface area (Å²) >= 11 is 1.42. The Hall–Kier alpha value is -3.39. The number of aromatic nitrogens is 2. The molecule has 5 rings (SSSR count). The molecule has 1 amide bonds. The van der Waals surface area contributed by atoms with Gasteiger partial charge in [-0.05, 0) is 11.1 Å². The summed E-state index contributed by atoms with van der Waals surface area (Å²) in [4.78, 5) is 23.4. The van der Waals surface area contributed by atoms with E-state index in [4.69, 9.17) is 9.72 Å². The van der Waals surface area contributed by atoms with Gasteiger partial charge in [0.2, 0.25) is 5.91 Å². The zero-order chi connectivity index (χ0) is 24.6. The van der Waals surface area contributed by atoms with Gasteiger partial charge in [-0.1, -0.05) is 96.7 Å². The molecule has 2 heterocycles. The Morgan fingerprint density at radius 3 is 2.25 bits per heavy atom. The number of aromatic amines is 1. The minimum Gasteiger partial charge on any atom is -0.379 e. The van der Waals surface area contributed by atoms with Crippen molar-refractivity contribution in [2.24, 2.45) is 0 Å². The van der Waals surface area contributed by atoms with Gasteiger partial charge >= 0.3 is 0 Å². The Balaban J connectivity index is 1.22. The monoisotopic (exact) mass is 498 g/mol. The molecule has 3 aromatic carbocycles. The molecule has 0 radical (unpaired) electrons. The lowest BCUT2D eigenvalue weighted by molar-refractivity contribution is -0.118. The first-order chi connectivity index (χ1) is 17.8. The predicted molar refractivity (Wildman–Crippen MR) is 145 cm³/mol. The average molecular weight is 499 g/mol. The maximum absolute atomic E-state index is 12.7. The number of amides is 1. The number of rotatable bonds is 9. The fourth-order valence-corrected chi connectivity index (χ4v) is 5.00. The number of nitrogens with one attached hydrogen (secondary N) is 2. The molecule has 1 aromatic heterocycles. The number of thioether (sulfide) groups is 1. The maximum atomic E-state index is 12.7. The van der Waals surface area contributed by atoms with E-state index >= 15 is 0 Å². The van der Waals surface area contributed by atoms with Crippen LogP contribution in [0.5, 0.6) is 0 Å². The Labute approximate surface area is 216 Å². The van der Waals surface area contributed by atoms with Gasteiger partial charge in [0, 0.05) is 37.3 Å². The number of nitrogens with zero attached hydrogens (tertiary/aromatic N) is 2. The Morgan fingerprint density at radius 1 is 0.889 bits per heavy atom. The molecule has 7 heteroatoms. The van der Waals surface area contributed by atoms with Crippen molar-refractivity contribution < 1.29 is 9.53 Å². The molecule has 6 nitrogen and oxygen atoms in total. The molecule has 0 aliphatic carbocycles. The van der Waals surface area contributed by atoms with E-state index in [1.807, 2.05) is 42.5 Å². The van der Waals surface area contributed by atoms with Crippen LogP contribution in [-0.2, 0) is 22.6 Å². The van der Waals surface area contributed by atoms with Crippen molar-refractivity contribution >= 4 is 17.7 Å². The summed E-state index contributed by atoms with van der Waals surface area (Å²) in [5.74, 6) is 0.279. The zero-order valence-corrected chi connectivity index (χ0v) is 21.0. The molecule has 1 aliphatic rings. The van der Waals surface area contributed by atoms with E-state index in [-0.39, 0.29) is 5.91 Å². The third kappa shape index (κ3) is 6.23. The van der Waals surface area contributed by atoms with E-state index in [0.29, 0.717) is 12.3 Å². The van der Waals surface area contributed by atoms with Crippen molar-refractivity contribution in [3.05, 3.63) is 96.1 Å². The minimum absolute atomic E-state index is 0.0138. The van der Waals surface area contributed by atoms with Crippen molar-refractivity contribution in [1.82, 2.24) is 20.2 Å². The smallest absolute Gasteiger partial charge is 0.230 e. The van der Waals surface area contributed by atoms with Gasteiger partial charge in [0.25, 0.3) is 0 Å².